The maximum absolute atomic E-state index is 13.5. The number of carbonyl (C=O) groups is 2. The predicted octanol–water partition coefficient (Wildman–Crippen LogP) is 4.51. The summed E-state index contributed by atoms with van der Waals surface area (Å²) in [7, 11) is 4.93. The summed E-state index contributed by atoms with van der Waals surface area (Å²) in [5, 5.41) is 0.669. The van der Waals surface area contributed by atoms with E-state index in [0.717, 1.165) is 22.4 Å². The summed E-state index contributed by atoms with van der Waals surface area (Å²) in [6.07, 6.45) is 5.12. The molecule has 0 unspecified atom stereocenters. The fourth-order valence-electron chi connectivity index (χ4n) is 4.29. The van der Waals surface area contributed by atoms with Crippen molar-refractivity contribution in [2.24, 2.45) is 0 Å². The highest BCUT2D eigenvalue weighted by atomic mass is 16.5. The Morgan fingerprint density at radius 1 is 1.03 bits per heavy atom. The Labute approximate surface area is 202 Å². The van der Waals surface area contributed by atoms with Crippen LogP contribution in [0.3, 0.4) is 0 Å². The number of ether oxygens (including phenoxy) is 1. The van der Waals surface area contributed by atoms with E-state index in [0.29, 0.717) is 34.3 Å². The van der Waals surface area contributed by atoms with Crippen LogP contribution < -0.4 is 4.74 Å². The van der Waals surface area contributed by atoms with Gasteiger partial charge in [0.2, 0.25) is 0 Å². The number of benzene rings is 2. The zero-order valence-electron chi connectivity index (χ0n) is 20.0. The molecule has 0 saturated heterocycles. The number of pyridine rings is 1. The Hall–Kier alpha value is -4.46. The number of nitrogens with zero attached hydrogens (tertiary/aromatic N) is 5. The average molecular weight is 468 g/mol. The van der Waals surface area contributed by atoms with Crippen LogP contribution in [0.15, 0.2) is 67.1 Å². The van der Waals surface area contributed by atoms with Gasteiger partial charge in [0, 0.05) is 49.5 Å². The van der Waals surface area contributed by atoms with Gasteiger partial charge in [-0.05, 0) is 36.8 Å². The van der Waals surface area contributed by atoms with Crippen molar-refractivity contribution in [2.45, 2.75) is 13.5 Å². The maximum Gasteiger partial charge on any atom is 0.328 e. The number of hydrogen-bond donors (Lipinski definition) is 0. The molecule has 5 rings (SSSR count). The van der Waals surface area contributed by atoms with E-state index >= 15 is 0 Å². The summed E-state index contributed by atoms with van der Waals surface area (Å²) in [5.74, 6) is 1.37. The summed E-state index contributed by atoms with van der Waals surface area (Å²) in [6, 6.07) is 14.6. The van der Waals surface area contributed by atoms with E-state index in [4.69, 9.17) is 4.74 Å². The van der Waals surface area contributed by atoms with Crippen LogP contribution >= 0.6 is 0 Å². The number of methoxy groups -OCH3 is 1. The molecule has 176 valence electrons. The number of ketones is 1. The molecule has 1 amide bonds. The van der Waals surface area contributed by atoms with Crippen LogP contribution in [0.25, 0.3) is 21.9 Å². The number of carbonyl (C=O) groups excluding carboxylic acids is 2. The lowest BCUT2D eigenvalue weighted by Crippen LogP contribution is -2.26. The second kappa shape index (κ2) is 8.72. The second-order valence-electron chi connectivity index (χ2n) is 8.61. The molecule has 0 radical (unpaired) electrons. The molecule has 0 fully saturated rings. The smallest absolute Gasteiger partial charge is 0.328 e. The molecule has 2 aromatic carbocycles. The fraction of sp³-hybridized carbons (Fsp3) is 0.185. The van der Waals surface area contributed by atoms with Crippen LogP contribution in [0.5, 0.6) is 5.75 Å². The maximum atomic E-state index is 13.5. The molecule has 8 nitrogen and oxygen atoms in total. The van der Waals surface area contributed by atoms with Gasteiger partial charge in [0.1, 0.15) is 17.1 Å². The molecule has 0 aliphatic carbocycles. The molecule has 0 spiro atoms. The van der Waals surface area contributed by atoms with E-state index in [-0.39, 0.29) is 11.8 Å². The van der Waals surface area contributed by atoms with E-state index < -0.39 is 0 Å². The van der Waals surface area contributed by atoms with Gasteiger partial charge in [-0.15, -0.1) is 0 Å². The van der Waals surface area contributed by atoms with Gasteiger partial charge in [-0.25, -0.2) is 9.78 Å². The monoisotopic (exact) mass is 467 g/mol. The van der Waals surface area contributed by atoms with E-state index in [1.165, 1.54) is 9.47 Å². The van der Waals surface area contributed by atoms with E-state index in [1.54, 1.807) is 58.0 Å². The van der Waals surface area contributed by atoms with Crippen molar-refractivity contribution in [2.75, 3.05) is 21.2 Å². The quantitative estimate of drug-likeness (QED) is 0.355. The van der Waals surface area contributed by atoms with E-state index in [2.05, 4.69) is 14.5 Å². The molecule has 0 atom stereocenters. The molecule has 3 heterocycles. The lowest BCUT2D eigenvalue weighted by atomic mass is 10.0. The summed E-state index contributed by atoms with van der Waals surface area (Å²) < 4.78 is 8.98. The van der Waals surface area contributed by atoms with Crippen LogP contribution in [-0.4, -0.2) is 57.0 Å². The Morgan fingerprint density at radius 2 is 1.80 bits per heavy atom. The SMILES string of the molecule is COc1ccc2c(c1)c(C(=O)c1ccc(Cn3c(C)nc4cnccc43)cc1)cn2C(=O)N(C)C. The van der Waals surface area contributed by atoms with E-state index in [1.807, 2.05) is 37.3 Å². The fourth-order valence-corrected chi connectivity index (χ4v) is 4.29. The number of hydrogen-bond acceptors (Lipinski definition) is 5. The molecule has 5 aromatic rings. The first-order valence-electron chi connectivity index (χ1n) is 11.2. The van der Waals surface area contributed by atoms with Crippen molar-refractivity contribution in [3.63, 3.8) is 0 Å². The number of fused-ring (bicyclic) bond motifs is 2. The summed E-state index contributed by atoms with van der Waals surface area (Å²) >= 11 is 0. The summed E-state index contributed by atoms with van der Waals surface area (Å²) in [6.45, 7) is 2.60. The molecule has 0 N–H and O–H groups in total. The van der Waals surface area contributed by atoms with Crippen molar-refractivity contribution in [3.8, 4) is 5.75 Å². The molecular weight excluding hydrogens is 442 g/mol. The van der Waals surface area contributed by atoms with Gasteiger partial charge < -0.3 is 14.2 Å². The minimum Gasteiger partial charge on any atom is -0.497 e. The Kier molecular flexibility index (Phi) is 5.56. The van der Waals surface area contributed by atoms with Crippen LogP contribution in [-0.2, 0) is 6.54 Å². The van der Waals surface area contributed by atoms with Gasteiger partial charge >= 0.3 is 6.03 Å². The molecule has 3 aromatic heterocycles. The van der Waals surface area contributed by atoms with Gasteiger partial charge in [-0.2, -0.15) is 0 Å². The normalized spacial score (nSPS) is 11.2. The van der Waals surface area contributed by atoms with Gasteiger partial charge in [0.15, 0.2) is 5.78 Å². The first-order chi connectivity index (χ1) is 16.9. The van der Waals surface area contributed by atoms with Crippen LogP contribution in [0, 0.1) is 6.92 Å². The van der Waals surface area contributed by atoms with Crippen molar-refractivity contribution in [3.05, 3.63) is 89.6 Å². The standard InChI is InChI=1S/C27H25N5O3/c1-17-29-23-14-28-12-11-25(23)31(17)15-18-5-7-19(8-6-18)26(33)22-16-32(27(34)30(2)3)24-10-9-20(35-4)13-21(22)24/h5-14,16H,15H2,1-4H3. The minimum atomic E-state index is -0.229. The third-order valence-corrected chi connectivity index (χ3v) is 6.14. The summed E-state index contributed by atoms with van der Waals surface area (Å²) in [5.41, 5.74) is 4.57. The van der Waals surface area contributed by atoms with E-state index in [9.17, 15) is 9.59 Å². The second-order valence-corrected chi connectivity index (χ2v) is 8.61. The number of rotatable bonds is 5. The molecule has 0 bridgehead atoms. The molecule has 0 saturated carbocycles. The van der Waals surface area contributed by atoms with Crippen LogP contribution in [0.1, 0.15) is 27.3 Å². The first kappa shape index (κ1) is 22.3. The van der Waals surface area contributed by atoms with Crippen molar-refractivity contribution in [1.82, 2.24) is 24.0 Å². The molecule has 0 aliphatic rings. The van der Waals surface area contributed by atoms with Gasteiger partial charge in [-0.3, -0.25) is 14.3 Å². The molecular formula is C27H25N5O3. The van der Waals surface area contributed by atoms with Gasteiger partial charge in [0.25, 0.3) is 0 Å². The number of imidazole rings is 1. The largest absolute Gasteiger partial charge is 0.497 e. The Bertz CT molecular complexity index is 1580. The van der Waals surface area contributed by atoms with Crippen LogP contribution in [0.4, 0.5) is 4.79 Å². The topological polar surface area (TPSA) is 82.2 Å². The van der Waals surface area contributed by atoms with Gasteiger partial charge in [-0.1, -0.05) is 24.3 Å². The number of amides is 1. The molecule has 0 aliphatic heterocycles. The van der Waals surface area contributed by atoms with Crippen molar-refractivity contribution in [1.29, 1.82) is 0 Å². The van der Waals surface area contributed by atoms with Crippen molar-refractivity contribution < 1.29 is 14.3 Å². The number of aromatic nitrogens is 4. The molecule has 35 heavy (non-hydrogen) atoms. The van der Waals surface area contributed by atoms with Crippen LogP contribution in [0.2, 0.25) is 0 Å². The number of aryl methyl sites for hydroxylation is 1. The Morgan fingerprint density at radius 3 is 2.51 bits per heavy atom. The highest BCUT2D eigenvalue weighted by molar-refractivity contribution is 6.17. The lowest BCUT2D eigenvalue weighted by Gasteiger charge is -2.11. The highest BCUT2D eigenvalue weighted by Gasteiger charge is 2.21. The van der Waals surface area contributed by atoms with Crippen molar-refractivity contribution >= 4 is 33.8 Å². The Balaban J connectivity index is 1.49. The average Bonchev–Trinajstić information content (AvgIpc) is 3.40. The molecule has 8 heteroatoms. The predicted molar refractivity (Wildman–Crippen MR) is 134 cm³/mol. The zero-order chi connectivity index (χ0) is 24.7. The first-order valence-corrected chi connectivity index (χ1v) is 11.2. The highest BCUT2D eigenvalue weighted by Crippen LogP contribution is 2.28. The summed E-state index contributed by atoms with van der Waals surface area (Å²) in [4.78, 5) is 36.4. The minimum absolute atomic E-state index is 0.157. The third-order valence-electron chi connectivity index (χ3n) is 6.14. The zero-order valence-corrected chi connectivity index (χ0v) is 20.0. The third kappa shape index (κ3) is 3.93. The van der Waals surface area contributed by atoms with Gasteiger partial charge in [0.05, 0.1) is 24.3 Å². The lowest BCUT2D eigenvalue weighted by molar-refractivity contribution is 0.104.